The molecule has 3 fully saturated rings. The Bertz CT molecular complexity index is 637. The second-order valence-corrected chi connectivity index (χ2v) is 7.69. The quantitative estimate of drug-likeness (QED) is 0.891. The van der Waals surface area contributed by atoms with Gasteiger partial charge < -0.3 is 15.0 Å². The Kier molecular flexibility index (Phi) is 5.41. The van der Waals surface area contributed by atoms with Gasteiger partial charge in [-0.05, 0) is 31.4 Å². The topological polar surface area (TPSA) is 44.8 Å². The average molecular weight is 361 g/mol. The van der Waals surface area contributed by atoms with E-state index in [9.17, 15) is 9.18 Å². The molecule has 0 bridgehead atoms. The molecule has 2 saturated heterocycles. The van der Waals surface area contributed by atoms with Crippen molar-refractivity contribution in [2.45, 2.75) is 50.3 Å². The number of carbonyl (C=O) groups is 1. The number of nitrogens with zero attached hydrogens (tertiary/aromatic N) is 2. The van der Waals surface area contributed by atoms with Crippen LogP contribution in [0, 0.1) is 5.82 Å². The predicted molar refractivity (Wildman–Crippen MR) is 97.6 cm³/mol. The molecule has 142 valence electrons. The lowest BCUT2D eigenvalue weighted by Crippen LogP contribution is -2.46. The Labute approximate surface area is 154 Å². The summed E-state index contributed by atoms with van der Waals surface area (Å²) in [7, 11) is 0. The van der Waals surface area contributed by atoms with Crippen molar-refractivity contribution < 1.29 is 13.9 Å². The van der Waals surface area contributed by atoms with Crippen molar-refractivity contribution in [2.75, 3.05) is 32.7 Å². The van der Waals surface area contributed by atoms with Crippen LogP contribution in [0.1, 0.15) is 32.1 Å². The molecule has 0 spiro atoms. The molecule has 2 heterocycles. The maximum atomic E-state index is 13.3. The summed E-state index contributed by atoms with van der Waals surface area (Å²) < 4.78 is 19.1. The van der Waals surface area contributed by atoms with Crippen molar-refractivity contribution in [3.63, 3.8) is 0 Å². The van der Waals surface area contributed by atoms with E-state index in [4.69, 9.17) is 4.74 Å². The summed E-state index contributed by atoms with van der Waals surface area (Å²) in [5, 5.41) is 3.29. The molecule has 0 radical (unpaired) electrons. The van der Waals surface area contributed by atoms with Crippen LogP contribution in [0.2, 0.25) is 0 Å². The number of halogens is 1. The van der Waals surface area contributed by atoms with Gasteiger partial charge in [0, 0.05) is 51.3 Å². The molecule has 2 aliphatic heterocycles. The zero-order valence-electron chi connectivity index (χ0n) is 15.2. The third-order valence-electron chi connectivity index (χ3n) is 5.92. The summed E-state index contributed by atoms with van der Waals surface area (Å²) >= 11 is 0. The molecule has 1 aromatic rings. The third-order valence-corrected chi connectivity index (χ3v) is 5.92. The minimum absolute atomic E-state index is 0.0933. The van der Waals surface area contributed by atoms with Crippen molar-refractivity contribution >= 4 is 5.91 Å². The van der Waals surface area contributed by atoms with Gasteiger partial charge in [-0.1, -0.05) is 12.5 Å². The number of hydrogen-bond donors (Lipinski definition) is 1. The lowest BCUT2D eigenvalue weighted by molar-refractivity contribution is -0.133. The highest BCUT2D eigenvalue weighted by Gasteiger charge is 2.35. The Morgan fingerprint density at radius 1 is 1.15 bits per heavy atom. The van der Waals surface area contributed by atoms with Crippen molar-refractivity contribution in [3.8, 4) is 5.75 Å². The number of nitrogens with one attached hydrogen (secondary N) is 1. The maximum absolute atomic E-state index is 13.3. The second kappa shape index (κ2) is 7.92. The normalized spacial score (nSPS) is 27.8. The van der Waals surface area contributed by atoms with Crippen molar-refractivity contribution in [2.24, 2.45) is 0 Å². The van der Waals surface area contributed by atoms with E-state index in [0.29, 0.717) is 18.7 Å². The van der Waals surface area contributed by atoms with Gasteiger partial charge in [-0.15, -0.1) is 0 Å². The fourth-order valence-electron chi connectivity index (χ4n) is 4.21. The van der Waals surface area contributed by atoms with E-state index < -0.39 is 0 Å². The van der Waals surface area contributed by atoms with Gasteiger partial charge in [-0.25, -0.2) is 4.39 Å². The molecule has 1 aromatic carbocycles. The number of rotatable bonds is 4. The molecule has 1 N–H and O–H groups in total. The fourth-order valence-corrected chi connectivity index (χ4v) is 4.21. The highest BCUT2D eigenvalue weighted by molar-refractivity contribution is 5.82. The molecule has 5 nitrogen and oxygen atoms in total. The van der Waals surface area contributed by atoms with Gasteiger partial charge in [0.2, 0.25) is 5.91 Å². The summed E-state index contributed by atoms with van der Waals surface area (Å²) in [5.74, 6) is 0.406. The summed E-state index contributed by atoms with van der Waals surface area (Å²) in [6.45, 7) is 4.39. The summed E-state index contributed by atoms with van der Waals surface area (Å²) in [6.07, 6.45) is 5.58. The first kappa shape index (κ1) is 17.7. The molecular formula is C20H28FN3O2. The zero-order chi connectivity index (χ0) is 17.9. The van der Waals surface area contributed by atoms with Crippen LogP contribution in [0.4, 0.5) is 4.39 Å². The maximum Gasteiger partial charge on any atom is 0.239 e. The highest BCUT2D eigenvalue weighted by atomic mass is 19.1. The Hall–Kier alpha value is -1.66. The lowest BCUT2D eigenvalue weighted by atomic mass is 9.91. The van der Waals surface area contributed by atoms with Gasteiger partial charge in [0.15, 0.2) is 0 Å². The monoisotopic (exact) mass is 361 g/mol. The molecule has 2 atom stereocenters. The Morgan fingerprint density at radius 3 is 2.81 bits per heavy atom. The lowest BCUT2D eigenvalue weighted by Gasteiger charge is -2.36. The number of ether oxygens (including phenoxy) is 1. The van der Waals surface area contributed by atoms with Gasteiger partial charge in [-0.2, -0.15) is 0 Å². The first-order valence-electron chi connectivity index (χ1n) is 9.87. The number of benzene rings is 1. The zero-order valence-corrected chi connectivity index (χ0v) is 15.2. The summed E-state index contributed by atoms with van der Waals surface area (Å²) in [5.41, 5.74) is 0. The van der Waals surface area contributed by atoms with Gasteiger partial charge >= 0.3 is 0 Å². The second-order valence-electron chi connectivity index (χ2n) is 7.69. The minimum Gasteiger partial charge on any atom is -0.489 e. The van der Waals surface area contributed by atoms with Gasteiger partial charge in [0.05, 0.1) is 6.04 Å². The van der Waals surface area contributed by atoms with E-state index in [1.54, 1.807) is 12.1 Å². The molecule has 3 aliphatic rings. The van der Waals surface area contributed by atoms with Crippen LogP contribution in [0.5, 0.6) is 5.75 Å². The molecule has 26 heavy (non-hydrogen) atoms. The van der Waals surface area contributed by atoms with Gasteiger partial charge in [-0.3, -0.25) is 9.69 Å². The van der Waals surface area contributed by atoms with Gasteiger partial charge in [0.1, 0.15) is 17.7 Å². The van der Waals surface area contributed by atoms with E-state index in [2.05, 4.69) is 10.2 Å². The van der Waals surface area contributed by atoms with E-state index in [0.717, 1.165) is 38.6 Å². The average Bonchev–Trinajstić information content (AvgIpc) is 2.90. The molecule has 0 unspecified atom stereocenters. The van der Waals surface area contributed by atoms with Crippen LogP contribution in [-0.4, -0.2) is 66.6 Å². The number of hydrogen-bond acceptors (Lipinski definition) is 4. The Balaban J connectivity index is 1.28. The van der Waals surface area contributed by atoms with Crippen LogP contribution in [0.25, 0.3) is 0 Å². The van der Waals surface area contributed by atoms with Crippen LogP contribution >= 0.6 is 0 Å². The van der Waals surface area contributed by atoms with Gasteiger partial charge in [0.25, 0.3) is 0 Å². The van der Waals surface area contributed by atoms with E-state index >= 15 is 0 Å². The van der Waals surface area contributed by atoms with Crippen LogP contribution in [0.15, 0.2) is 24.3 Å². The SMILES string of the molecule is O=C([C@H]1C[C@H](Oc2cccc(F)c2)CN1)N1CCCN(C2CCC2)CC1. The summed E-state index contributed by atoms with van der Waals surface area (Å²) in [6, 6.07) is 6.74. The largest absolute Gasteiger partial charge is 0.489 e. The molecule has 1 amide bonds. The molecule has 0 aromatic heterocycles. The molecule has 1 saturated carbocycles. The molecule has 6 heteroatoms. The number of carbonyl (C=O) groups excluding carboxylic acids is 1. The summed E-state index contributed by atoms with van der Waals surface area (Å²) in [4.78, 5) is 17.5. The fraction of sp³-hybridized carbons (Fsp3) is 0.650. The van der Waals surface area contributed by atoms with E-state index in [1.165, 1.54) is 31.4 Å². The molecule has 1 aliphatic carbocycles. The molecule has 4 rings (SSSR count). The first-order chi connectivity index (χ1) is 12.7. The van der Waals surface area contributed by atoms with Crippen molar-refractivity contribution in [3.05, 3.63) is 30.1 Å². The smallest absolute Gasteiger partial charge is 0.239 e. The van der Waals surface area contributed by atoms with E-state index in [1.807, 2.05) is 4.90 Å². The van der Waals surface area contributed by atoms with E-state index in [-0.39, 0.29) is 23.9 Å². The number of amides is 1. The highest BCUT2D eigenvalue weighted by Crippen LogP contribution is 2.26. The van der Waals surface area contributed by atoms with Crippen molar-refractivity contribution in [1.29, 1.82) is 0 Å². The third kappa shape index (κ3) is 4.01. The standard InChI is InChI=1S/C20H28FN3O2/c21-15-4-1-7-17(12-15)26-18-13-19(22-14-18)20(25)24-9-3-8-23(10-11-24)16-5-2-6-16/h1,4,7,12,16,18-19,22H,2-3,5-6,8-11,13-14H2/t18-,19+/m0/s1. The Morgan fingerprint density at radius 2 is 2.04 bits per heavy atom. The molecular weight excluding hydrogens is 333 g/mol. The minimum atomic E-state index is -0.304. The van der Waals surface area contributed by atoms with Crippen molar-refractivity contribution in [1.82, 2.24) is 15.1 Å². The first-order valence-corrected chi connectivity index (χ1v) is 9.87. The van der Waals surface area contributed by atoms with Crippen LogP contribution < -0.4 is 10.1 Å². The van der Waals surface area contributed by atoms with Crippen LogP contribution in [-0.2, 0) is 4.79 Å². The van der Waals surface area contributed by atoms with Crippen LogP contribution in [0.3, 0.4) is 0 Å². The predicted octanol–water partition coefficient (Wildman–Crippen LogP) is 2.02.